The van der Waals surface area contributed by atoms with E-state index in [-0.39, 0.29) is 5.91 Å². The zero-order valence-electron chi connectivity index (χ0n) is 12.8. The third kappa shape index (κ3) is 2.60. The molecule has 120 valence electrons. The number of carbonyl (C=O) groups excluding carboxylic acids is 1. The monoisotopic (exact) mass is 309 g/mol. The molecule has 2 heterocycles. The number of hydrogen-bond donors (Lipinski definition) is 0. The number of nitrogens with zero attached hydrogens (tertiary/aromatic N) is 3. The molecule has 1 saturated heterocycles. The predicted octanol–water partition coefficient (Wildman–Crippen LogP) is 1.91. The summed E-state index contributed by atoms with van der Waals surface area (Å²) in [5, 5.41) is 0. The van der Waals surface area contributed by atoms with Crippen LogP contribution < -0.4 is 0 Å². The first-order valence-corrected chi connectivity index (χ1v) is 7.77. The van der Waals surface area contributed by atoms with Crippen molar-refractivity contribution < 1.29 is 13.6 Å². The number of likely N-dealkylation sites (N-methyl/N-ethyl adjacent to an activating group) is 1. The Morgan fingerprint density at radius 3 is 2.45 bits per heavy atom. The zero-order valence-corrected chi connectivity index (χ0v) is 12.8. The van der Waals surface area contributed by atoms with Gasteiger partial charge in [-0.1, -0.05) is 13.0 Å². The molecular formula is C16H21F2N3O. The minimum absolute atomic E-state index is 0.165. The van der Waals surface area contributed by atoms with E-state index in [0.717, 1.165) is 19.6 Å². The van der Waals surface area contributed by atoms with Crippen molar-refractivity contribution in [3.8, 4) is 0 Å². The van der Waals surface area contributed by atoms with E-state index in [9.17, 15) is 13.6 Å². The van der Waals surface area contributed by atoms with Crippen LogP contribution in [-0.4, -0.2) is 59.3 Å². The molecule has 0 bridgehead atoms. The predicted molar refractivity (Wildman–Crippen MR) is 78.8 cm³/mol. The van der Waals surface area contributed by atoms with E-state index >= 15 is 0 Å². The van der Waals surface area contributed by atoms with Gasteiger partial charge in [0.25, 0.3) is 5.92 Å². The standard InChI is InChI=1S/C16H21F2N3O/c1-2-20-6-8-21(9-7-20)14(22)15(11-16(17,18)12-15)13-4-3-5-19-10-13/h3-5,10H,2,6-9,11-12H2,1H3. The van der Waals surface area contributed by atoms with Crippen LogP contribution in [0.25, 0.3) is 0 Å². The molecule has 1 aromatic heterocycles. The van der Waals surface area contributed by atoms with Gasteiger partial charge in [-0.25, -0.2) is 8.78 Å². The lowest BCUT2D eigenvalue weighted by molar-refractivity contribution is -0.169. The molecule has 1 aliphatic carbocycles. The molecule has 0 aromatic carbocycles. The van der Waals surface area contributed by atoms with Crippen LogP contribution in [0.3, 0.4) is 0 Å². The Bertz CT molecular complexity index is 534. The highest BCUT2D eigenvalue weighted by Gasteiger charge is 2.62. The van der Waals surface area contributed by atoms with Gasteiger partial charge in [0, 0.05) is 51.4 Å². The fraction of sp³-hybridized carbons (Fsp3) is 0.625. The molecule has 0 unspecified atom stereocenters. The van der Waals surface area contributed by atoms with Crippen molar-refractivity contribution in [3.63, 3.8) is 0 Å². The molecule has 3 rings (SSSR count). The average Bonchev–Trinajstić information content (AvgIpc) is 2.52. The molecular weight excluding hydrogens is 288 g/mol. The summed E-state index contributed by atoms with van der Waals surface area (Å²) in [4.78, 5) is 20.9. The number of piperazine rings is 1. The third-order valence-electron chi connectivity index (χ3n) is 4.85. The van der Waals surface area contributed by atoms with Gasteiger partial charge in [0.1, 0.15) is 0 Å². The molecule has 0 spiro atoms. The number of hydrogen-bond acceptors (Lipinski definition) is 3. The van der Waals surface area contributed by atoms with Gasteiger partial charge in [-0.05, 0) is 18.2 Å². The van der Waals surface area contributed by atoms with Crippen LogP contribution in [0.2, 0.25) is 0 Å². The van der Waals surface area contributed by atoms with Crippen LogP contribution in [0.5, 0.6) is 0 Å². The summed E-state index contributed by atoms with van der Waals surface area (Å²) >= 11 is 0. The number of amides is 1. The Balaban J connectivity index is 1.81. The van der Waals surface area contributed by atoms with Crippen LogP contribution in [0, 0.1) is 0 Å². The summed E-state index contributed by atoms with van der Waals surface area (Å²) in [7, 11) is 0. The molecule has 1 saturated carbocycles. The second-order valence-electron chi connectivity index (χ2n) is 6.26. The fourth-order valence-electron chi connectivity index (χ4n) is 3.53. The van der Waals surface area contributed by atoms with Gasteiger partial charge in [-0.3, -0.25) is 9.78 Å². The summed E-state index contributed by atoms with van der Waals surface area (Å²) in [6, 6.07) is 3.44. The number of alkyl halides is 2. The average molecular weight is 309 g/mol. The van der Waals surface area contributed by atoms with Gasteiger partial charge >= 0.3 is 0 Å². The van der Waals surface area contributed by atoms with Crippen molar-refractivity contribution in [2.24, 2.45) is 0 Å². The Labute approximate surface area is 129 Å². The lowest BCUT2D eigenvalue weighted by atomic mass is 9.61. The topological polar surface area (TPSA) is 36.4 Å². The van der Waals surface area contributed by atoms with Crippen molar-refractivity contribution >= 4 is 5.91 Å². The van der Waals surface area contributed by atoms with E-state index in [1.165, 1.54) is 0 Å². The number of halogens is 2. The maximum absolute atomic E-state index is 13.6. The molecule has 4 nitrogen and oxygen atoms in total. The van der Waals surface area contributed by atoms with Crippen molar-refractivity contribution in [1.82, 2.24) is 14.8 Å². The Morgan fingerprint density at radius 1 is 1.27 bits per heavy atom. The number of carbonyl (C=O) groups is 1. The first kappa shape index (κ1) is 15.3. The Hall–Kier alpha value is -1.56. The molecule has 1 aliphatic heterocycles. The number of pyridine rings is 1. The van der Waals surface area contributed by atoms with Gasteiger partial charge in [-0.15, -0.1) is 0 Å². The maximum atomic E-state index is 13.6. The van der Waals surface area contributed by atoms with Crippen LogP contribution in [0.1, 0.15) is 25.3 Å². The minimum atomic E-state index is -2.75. The normalized spacial score (nSPS) is 23.9. The number of aromatic nitrogens is 1. The van der Waals surface area contributed by atoms with Crippen molar-refractivity contribution in [3.05, 3.63) is 30.1 Å². The van der Waals surface area contributed by atoms with E-state index in [2.05, 4.69) is 16.8 Å². The number of rotatable bonds is 3. The van der Waals surface area contributed by atoms with Crippen molar-refractivity contribution in [2.75, 3.05) is 32.7 Å². The lowest BCUT2D eigenvalue weighted by Crippen LogP contribution is -2.61. The molecule has 2 aliphatic rings. The molecule has 1 aromatic rings. The van der Waals surface area contributed by atoms with Gasteiger partial charge in [0.05, 0.1) is 5.41 Å². The first-order valence-electron chi connectivity index (χ1n) is 7.77. The molecule has 0 N–H and O–H groups in total. The first-order chi connectivity index (χ1) is 10.5. The van der Waals surface area contributed by atoms with E-state index in [4.69, 9.17) is 0 Å². The Kier molecular flexibility index (Phi) is 3.89. The van der Waals surface area contributed by atoms with Gasteiger partial charge in [0.15, 0.2) is 0 Å². The second-order valence-corrected chi connectivity index (χ2v) is 6.26. The summed E-state index contributed by atoms with van der Waals surface area (Å²) in [6.45, 7) is 5.87. The van der Waals surface area contributed by atoms with Gasteiger partial charge < -0.3 is 9.80 Å². The van der Waals surface area contributed by atoms with E-state index < -0.39 is 24.2 Å². The van der Waals surface area contributed by atoms with Crippen LogP contribution in [0.4, 0.5) is 8.78 Å². The SMILES string of the molecule is CCN1CCN(C(=O)C2(c3cccnc3)CC(F)(F)C2)CC1. The highest BCUT2D eigenvalue weighted by molar-refractivity contribution is 5.90. The largest absolute Gasteiger partial charge is 0.339 e. The van der Waals surface area contributed by atoms with Gasteiger partial charge in [-0.2, -0.15) is 0 Å². The van der Waals surface area contributed by atoms with Crippen molar-refractivity contribution in [1.29, 1.82) is 0 Å². The fourth-order valence-corrected chi connectivity index (χ4v) is 3.53. The molecule has 0 radical (unpaired) electrons. The Morgan fingerprint density at radius 2 is 1.95 bits per heavy atom. The lowest BCUT2D eigenvalue weighted by Gasteiger charge is -2.49. The summed E-state index contributed by atoms with van der Waals surface area (Å²) in [5.74, 6) is -2.92. The zero-order chi connectivity index (χ0) is 15.8. The second kappa shape index (κ2) is 5.57. The summed E-state index contributed by atoms with van der Waals surface area (Å²) < 4.78 is 27.1. The highest BCUT2D eigenvalue weighted by Crippen LogP contribution is 2.54. The molecule has 22 heavy (non-hydrogen) atoms. The summed E-state index contributed by atoms with van der Waals surface area (Å²) in [6.07, 6.45) is 2.34. The van der Waals surface area contributed by atoms with E-state index in [1.807, 2.05) is 0 Å². The molecule has 1 amide bonds. The molecule has 2 fully saturated rings. The van der Waals surface area contributed by atoms with E-state index in [1.54, 1.807) is 29.4 Å². The molecule has 6 heteroatoms. The maximum Gasteiger partial charge on any atom is 0.250 e. The smallest absolute Gasteiger partial charge is 0.250 e. The van der Waals surface area contributed by atoms with Crippen LogP contribution in [0.15, 0.2) is 24.5 Å². The highest BCUT2D eigenvalue weighted by atomic mass is 19.3. The minimum Gasteiger partial charge on any atom is -0.339 e. The van der Waals surface area contributed by atoms with E-state index in [0.29, 0.717) is 18.7 Å². The van der Waals surface area contributed by atoms with Crippen LogP contribution >= 0.6 is 0 Å². The third-order valence-corrected chi connectivity index (χ3v) is 4.85. The van der Waals surface area contributed by atoms with Crippen LogP contribution in [-0.2, 0) is 10.2 Å². The quantitative estimate of drug-likeness (QED) is 0.856. The van der Waals surface area contributed by atoms with Crippen molar-refractivity contribution in [2.45, 2.75) is 31.1 Å². The molecule has 0 atom stereocenters. The van der Waals surface area contributed by atoms with Gasteiger partial charge in [0.2, 0.25) is 5.91 Å². The summed E-state index contributed by atoms with van der Waals surface area (Å²) in [5.41, 5.74) is -0.476.